The van der Waals surface area contributed by atoms with Gasteiger partial charge in [-0.2, -0.15) is 0 Å². The molecule has 0 aliphatic rings. The molecule has 21 heavy (non-hydrogen) atoms. The minimum atomic E-state index is -1.73. The highest BCUT2D eigenvalue weighted by molar-refractivity contribution is 5.78. The van der Waals surface area contributed by atoms with Crippen LogP contribution >= 0.6 is 0 Å². The van der Waals surface area contributed by atoms with Gasteiger partial charge in [0.05, 0.1) is 0 Å². The Morgan fingerprint density at radius 3 is 2.05 bits per heavy atom. The summed E-state index contributed by atoms with van der Waals surface area (Å²) in [5.41, 5.74) is 1.28. The number of hydrogen-bond acceptors (Lipinski definition) is 2. The predicted molar refractivity (Wildman–Crippen MR) is 83.2 cm³/mol. The van der Waals surface area contributed by atoms with Gasteiger partial charge < -0.3 is 10.2 Å². The Balaban J connectivity index is 2.29. The van der Waals surface area contributed by atoms with E-state index in [-0.39, 0.29) is 6.42 Å². The molecule has 2 unspecified atom stereocenters. The molecule has 0 aliphatic heterocycles. The molecule has 0 spiro atoms. The van der Waals surface area contributed by atoms with Crippen molar-refractivity contribution in [2.45, 2.75) is 31.8 Å². The molecule has 0 saturated carbocycles. The maximum atomic E-state index is 11.3. The summed E-state index contributed by atoms with van der Waals surface area (Å²) in [5, 5.41) is 19.6. The van der Waals surface area contributed by atoms with Gasteiger partial charge in [0.1, 0.15) is 0 Å². The summed E-state index contributed by atoms with van der Waals surface area (Å²) in [6, 6.07) is 17.7. The van der Waals surface area contributed by atoms with Crippen molar-refractivity contribution in [2.75, 3.05) is 0 Å². The van der Waals surface area contributed by atoms with Gasteiger partial charge in [0, 0.05) is 5.92 Å². The third kappa shape index (κ3) is 2.98. The van der Waals surface area contributed by atoms with Crippen molar-refractivity contribution in [3.8, 4) is 11.1 Å². The van der Waals surface area contributed by atoms with Gasteiger partial charge in [0.2, 0.25) is 0 Å². The number of rotatable bonds is 5. The molecule has 0 saturated heterocycles. The van der Waals surface area contributed by atoms with Crippen LogP contribution in [0.1, 0.15) is 31.7 Å². The Kier molecular flexibility index (Phi) is 4.43. The molecular formula is C18H20O3. The molecular weight excluding hydrogens is 264 g/mol. The molecule has 0 aliphatic carbocycles. The van der Waals surface area contributed by atoms with E-state index >= 15 is 0 Å². The van der Waals surface area contributed by atoms with Crippen molar-refractivity contribution in [1.29, 1.82) is 0 Å². The summed E-state index contributed by atoms with van der Waals surface area (Å²) in [6.07, 6.45) is 0.171. The average molecular weight is 284 g/mol. The monoisotopic (exact) mass is 284 g/mol. The van der Waals surface area contributed by atoms with Crippen LogP contribution in [0.5, 0.6) is 0 Å². The Morgan fingerprint density at radius 1 is 1.05 bits per heavy atom. The number of carbonyl (C=O) groups is 1. The van der Waals surface area contributed by atoms with E-state index in [1.54, 1.807) is 13.8 Å². The first-order valence-corrected chi connectivity index (χ1v) is 7.10. The first-order chi connectivity index (χ1) is 9.99. The van der Waals surface area contributed by atoms with Crippen molar-refractivity contribution < 1.29 is 15.0 Å². The van der Waals surface area contributed by atoms with Crippen LogP contribution in [0.2, 0.25) is 0 Å². The average Bonchev–Trinajstić information content (AvgIpc) is 2.54. The molecule has 2 atom stereocenters. The molecule has 0 aromatic heterocycles. The van der Waals surface area contributed by atoms with E-state index in [1.165, 1.54) is 0 Å². The summed E-state index contributed by atoms with van der Waals surface area (Å²) < 4.78 is 0. The summed E-state index contributed by atoms with van der Waals surface area (Å²) in [5.74, 6) is -1.64. The molecule has 0 heterocycles. The zero-order valence-electron chi connectivity index (χ0n) is 12.3. The second-order valence-electron chi connectivity index (χ2n) is 5.29. The van der Waals surface area contributed by atoms with E-state index in [2.05, 4.69) is 0 Å². The van der Waals surface area contributed by atoms with Crippen LogP contribution in [0.4, 0.5) is 0 Å². The van der Waals surface area contributed by atoms with Crippen LogP contribution in [-0.2, 0) is 4.79 Å². The minimum Gasteiger partial charge on any atom is -0.479 e. The maximum Gasteiger partial charge on any atom is 0.336 e. The highest BCUT2D eigenvalue weighted by Gasteiger charge is 2.40. The molecule has 2 rings (SSSR count). The lowest BCUT2D eigenvalue weighted by Crippen LogP contribution is -2.42. The van der Waals surface area contributed by atoms with Gasteiger partial charge in [0.25, 0.3) is 0 Å². The zero-order chi connectivity index (χ0) is 15.5. The fourth-order valence-electron chi connectivity index (χ4n) is 2.51. The SMILES string of the molecule is CCC(O)(C(=O)O)C(C)c1ccc(-c2ccccc2)cc1. The summed E-state index contributed by atoms with van der Waals surface area (Å²) >= 11 is 0. The van der Waals surface area contributed by atoms with Gasteiger partial charge in [-0.3, -0.25) is 0 Å². The molecule has 0 fully saturated rings. The van der Waals surface area contributed by atoms with Gasteiger partial charge >= 0.3 is 5.97 Å². The quantitative estimate of drug-likeness (QED) is 0.880. The van der Waals surface area contributed by atoms with Crippen LogP contribution in [-0.4, -0.2) is 21.8 Å². The number of aliphatic hydroxyl groups is 1. The van der Waals surface area contributed by atoms with Crippen molar-refractivity contribution in [3.05, 3.63) is 60.2 Å². The minimum absolute atomic E-state index is 0.171. The number of carboxylic acids is 1. The number of hydrogen-bond donors (Lipinski definition) is 2. The van der Waals surface area contributed by atoms with Crippen molar-refractivity contribution in [2.24, 2.45) is 0 Å². The molecule has 0 radical (unpaired) electrons. The Labute approximate surface area is 124 Å². The van der Waals surface area contributed by atoms with E-state index in [0.29, 0.717) is 0 Å². The van der Waals surface area contributed by atoms with Crippen LogP contribution < -0.4 is 0 Å². The van der Waals surface area contributed by atoms with Crippen LogP contribution in [0, 0.1) is 0 Å². The van der Waals surface area contributed by atoms with Crippen molar-refractivity contribution in [3.63, 3.8) is 0 Å². The molecule has 0 bridgehead atoms. The van der Waals surface area contributed by atoms with Crippen LogP contribution in [0.15, 0.2) is 54.6 Å². The van der Waals surface area contributed by atoms with E-state index in [4.69, 9.17) is 0 Å². The third-order valence-corrected chi connectivity index (χ3v) is 4.14. The van der Waals surface area contributed by atoms with Gasteiger partial charge in [-0.25, -0.2) is 4.79 Å². The fourth-order valence-corrected chi connectivity index (χ4v) is 2.51. The number of benzene rings is 2. The summed E-state index contributed by atoms with van der Waals surface area (Å²) in [4.78, 5) is 11.3. The molecule has 2 aromatic carbocycles. The van der Waals surface area contributed by atoms with E-state index in [9.17, 15) is 15.0 Å². The molecule has 2 N–H and O–H groups in total. The first kappa shape index (κ1) is 15.3. The Hall–Kier alpha value is -2.13. The van der Waals surface area contributed by atoms with Gasteiger partial charge in [-0.1, -0.05) is 68.4 Å². The highest BCUT2D eigenvalue weighted by atomic mass is 16.4. The van der Waals surface area contributed by atoms with E-state index < -0.39 is 17.5 Å². The zero-order valence-corrected chi connectivity index (χ0v) is 12.3. The highest BCUT2D eigenvalue weighted by Crippen LogP contribution is 2.32. The van der Waals surface area contributed by atoms with E-state index in [1.807, 2.05) is 54.6 Å². The van der Waals surface area contributed by atoms with Crippen LogP contribution in [0.25, 0.3) is 11.1 Å². The van der Waals surface area contributed by atoms with Crippen molar-refractivity contribution in [1.82, 2.24) is 0 Å². The molecule has 2 aromatic rings. The second-order valence-corrected chi connectivity index (χ2v) is 5.29. The topological polar surface area (TPSA) is 57.5 Å². The van der Waals surface area contributed by atoms with E-state index in [0.717, 1.165) is 16.7 Å². The number of carboxylic acid groups (broad SMARTS) is 1. The Bertz CT molecular complexity index is 604. The van der Waals surface area contributed by atoms with Gasteiger partial charge in [-0.15, -0.1) is 0 Å². The normalized spacial score (nSPS) is 15.2. The Morgan fingerprint density at radius 2 is 1.57 bits per heavy atom. The van der Waals surface area contributed by atoms with Crippen molar-refractivity contribution >= 4 is 5.97 Å². The maximum absolute atomic E-state index is 11.3. The lowest BCUT2D eigenvalue weighted by Gasteiger charge is -2.29. The first-order valence-electron chi connectivity index (χ1n) is 7.10. The number of aliphatic carboxylic acids is 1. The largest absolute Gasteiger partial charge is 0.479 e. The lowest BCUT2D eigenvalue weighted by molar-refractivity contribution is -0.161. The molecule has 0 amide bonds. The predicted octanol–water partition coefficient (Wildman–Crippen LogP) is 3.68. The van der Waals surface area contributed by atoms with Gasteiger partial charge in [-0.05, 0) is 23.1 Å². The standard InChI is InChI=1S/C18H20O3/c1-3-18(21,17(19)20)13(2)14-9-11-16(12-10-14)15-7-5-4-6-8-15/h4-13,21H,3H2,1-2H3,(H,19,20). The molecule has 3 heteroatoms. The lowest BCUT2D eigenvalue weighted by atomic mass is 9.81. The second kappa shape index (κ2) is 6.10. The summed E-state index contributed by atoms with van der Waals surface area (Å²) in [6.45, 7) is 3.43. The molecule has 110 valence electrons. The third-order valence-electron chi connectivity index (χ3n) is 4.14. The summed E-state index contributed by atoms with van der Waals surface area (Å²) in [7, 11) is 0. The van der Waals surface area contributed by atoms with Gasteiger partial charge in [0.15, 0.2) is 5.60 Å². The fraction of sp³-hybridized carbons (Fsp3) is 0.278. The van der Waals surface area contributed by atoms with Crippen LogP contribution in [0.3, 0.4) is 0 Å². The smallest absolute Gasteiger partial charge is 0.336 e. The molecule has 3 nitrogen and oxygen atoms in total.